The van der Waals surface area contributed by atoms with Crippen molar-refractivity contribution in [2.75, 3.05) is 17.6 Å². The van der Waals surface area contributed by atoms with E-state index in [-0.39, 0.29) is 17.1 Å². The van der Waals surface area contributed by atoms with Crippen LogP contribution in [0.3, 0.4) is 0 Å². The summed E-state index contributed by atoms with van der Waals surface area (Å²) in [5.74, 6) is -4.94. The van der Waals surface area contributed by atoms with Crippen LogP contribution in [0.1, 0.15) is 0 Å². The van der Waals surface area contributed by atoms with Gasteiger partial charge in [0.2, 0.25) is 0 Å². The van der Waals surface area contributed by atoms with Crippen LogP contribution in [0.4, 0.5) is 0 Å². The third kappa shape index (κ3) is 67.2. The van der Waals surface area contributed by atoms with Gasteiger partial charge in [-0.05, 0) is 0 Å². The van der Waals surface area contributed by atoms with Gasteiger partial charge in [0.25, 0.3) is 0 Å². The maximum absolute atomic E-state index is 9.12. The van der Waals surface area contributed by atoms with Gasteiger partial charge in [0, 0.05) is 0 Å². The van der Waals surface area contributed by atoms with Crippen LogP contribution < -0.4 is 15.3 Å². The molecule has 0 bridgehead atoms. The summed E-state index contributed by atoms with van der Waals surface area (Å²) in [4.78, 5) is 27.4. The number of halogens is 3. The number of carbonyl (C=O) groups is 3. The van der Waals surface area contributed by atoms with Crippen molar-refractivity contribution in [1.29, 1.82) is 0 Å². The first-order valence-electron chi connectivity index (χ1n) is 3.09. The van der Waals surface area contributed by atoms with Gasteiger partial charge in [-0.3, -0.25) is 0 Å². The normalized spacial score (nSPS) is 6.94. The molecule has 0 amide bonds. The van der Waals surface area contributed by atoms with Crippen molar-refractivity contribution < 1.29 is 46.8 Å². The molecule has 1 radical (unpaired) electrons. The first-order valence-corrected chi connectivity index (χ1v) is 4.69. The van der Waals surface area contributed by atoms with Crippen molar-refractivity contribution in [3.05, 3.63) is 0 Å². The zero-order chi connectivity index (χ0) is 12.9. The standard InChI is InChI=1S/3C2H3ClO2.Fe/c3*3-1-2(4)5;/h3*1H2,(H,4,5);/q;;;+3/p-3. The summed E-state index contributed by atoms with van der Waals surface area (Å²) in [5.41, 5.74) is 0. The molecule has 10 heteroatoms. The van der Waals surface area contributed by atoms with Gasteiger partial charge in [0.15, 0.2) is 0 Å². The molecule has 0 aliphatic heterocycles. The van der Waals surface area contributed by atoms with E-state index < -0.39 is 35.5 Å². The summed E-state index contributed by atoms with van der Waals surface area (Å²) >= 11 is 14.0. The van der Waals surface area contributed by atoms with Gasteiger partial charge >= 0.3 is 17.1 Å². The Kier molecular flexibility index (Phi) is 31.4. The van der Waals surface area contributed by atoms with E-state index in [2.05, 4.69) is 34.8 Å². The third-order valence-electron chi connectivity index (χ3n) is 0.327. The third-order valence-corrected chi connectivity index (χ3v) is 0.982. The molecule has 0 aromatic rings. The Morgan fingerprint density at radius 2 is 0.750 bits per heavy atom. The van der Waals surface area contributed by atoms with Gasteiger partial charge in [-0.1, -0.05) is 0 Å². The Balaban J connectivity index is -0.0000000655. The topological polar surface area (TPSA) is 120 Å². The summed E-state index contributed by atoms with van der Waals surface area (Å²) in [6.45, 7) is 0. The van der Waals surface area contributed by atoms with Crippen molar-refractivity contribution in [2.24, 2.45) is 0 Å². The van der Waals surface area contributed by atoms with Crippen molar-refractivity contribution >= 4 is 52.7 Å². The fourth-order valence-corrected chi connectivity index (χ4v) is 0. The van der Waals surface area contributed by atoms with Gasteiger partial charge in [-0.2, -0.15) is 0 Å². The van der Waals surface area contributed by atoms with Crippen molar-refractivity contribution in [3.63, 3.8) is 0 Å². The Morgan fingerprint density at radius 3 is 0.750 bits per heavy atom. The van der Waals surface area contributed by atoms with Crippen LogP contribution in [0.25, 0.3) is 0 Å². The molecule has 95 valence electrons. The smallest absolute Gasteiger partial charge is 0.549 e. The van der Waals surface area contributed by atoms with Crippen LogP contribution in [0.2, 0.25) is 0 Å². The van der Waals surface area contributed by atoms with E-state index >= 15 is 0 Å². The van der Waals surface area contributed by atoms with Crippen molar-refractivity contribution in [3.8, 4) is 0 Å². The summed E-state index contributed by atoms with van der Waals surface area (Å²) in [5, 5.41) is 27.4. The number of hydrogen-bond acceptors (Lipinski definition) is 6. The molecule has 0 spiro atoms. The largest absolute Gasteiger partial charge is 3.00 e. The molecular formula is C6H6Cl3FeO6. The molecule has 0 aromatic heterocycles. The van der Waals surface area contributed by atoms with Crippen molar-refractivity contribution in [1.82, 2.24) is 0 Å². The van der Waals surface area contributed by atoms with E-state index in [1.54, 1.807) is 0 Å². The average Bonchev–Trinajstić information content (AvgIpc) is 2.19. The molecule has 0 aliphatic rings. The maximum Gasteiger partial charge on any atom is 3.00 e. The molecule has 0 rings (SSSR count). The van der Waals surface area contributed by atoms with Gasteiger partial charge in [-0.15, -0.1) is 34.8 Å². The van der Waals surface area contributed by atoms with E-state index in [9.17, 15) is 0 Å². The van der Waals surface area contributed by atoms with E-state index in [1.165, 1.54) is 0 Å². The monoisotopic (exact) mass is 335 g/mol. The fourth-order valence-electron chi connectivity index (χ4n) is 0. The predicted molar refractivity (Wildman–Crippen MR) is 47.2 cm³/mol. The van der Waals surface area contributed by atoms with Crippen LogP contribution in [0.15, 0.2) is 0 Å². The predicted octanol–water partition coefficient (Wildman–Crippen LogP) is -3.08. The number of hydrogen-bond donors (Lipinski definition) is 0. The summed E-state index contributed by atoms with van der Waals surface area (Å²) in [7, 11) is 0. The van der Waals surface area contributed by atoms with E-state index in [0.717, 1.165) is 0 Å². The molecule has 0 saturated heterocycles. The zero-order valence-electron chi connectivity index (χ0n) is 7.56. The Labute approximate surface area is 117 Å². The quantitative estimate of drug-likeness (QED) is 0.398. The molecule has 0 fully saturated rings. The van der Waals surface area contributed by atoms with Gasteiger partial charge < -0.3 is 29.7 Å². The first-order chi connectivity index (χ1) is 6.81. The SMILES string of the molecule is O=C([O-])CCl.O=C([O-])CCl.O=C([O-])CCl.[Fe+3]. The Bertz CT molecular complexity index is 167. The van der Waals surface area contributed by atoms with E-state index in [0.29, 0.717) is 0 Å². The molecule has 0 aliphatic carbocycles. The minimum absolute atomic E-state index is 0. The molecular weight excluding hydrogens is 330 g/mol. The fraction of sp³-hybridized carbons (Fsp3) is 0.500. The minimum atomic E-state index is -1.23. The Morgan fingerprint density at radius 1 is 0.688 bits per heavy atom. The molecule has 0 saturated carbocycles. The number of aliphatic carboxylic acids is 3. The number of rotatable bonds is 3. The summed E-state index contributed by atoms with van der Waals surface area (Å²) in [6, 6.07) is 0. The van der Waals surface area contributed by atoms with Crippen LogP contribution >= 0.6 is 34.8 Å². The number of carboxylic acids is 3. The second-order valence-electron chi connectivity index (χ2n) is 1.52. The first kappa shape index (κ1) is 24.9. The molecule has 0 aromatic carbocycles. The minimum Gasteiger partial charge on any atom is -0.549 e. The zero-order valence-corrected chi connectivity index (χ0v) is 10.9. The average molecular weight is 336 g/mol. The molecule has 0 atom stereocenters. The van der Waals surface area contributed by atoms with Crippen LogP contribution in [-0.4, -0.2) is 35.5 Å². The Hall–Kier alpha value is -0.201. The maximum atomic E-state index is 9.12. The van der Waals surface area contributed by atoms with Gasteiger partial charge in [0.05, 0.1) is 35.5 Å². The van der Waals surface area contributed by atoms with Crippen LogP contribution in [0, 0.1) is 0 Å². The second-order valence-corrected chi connectivity index (χ2v) is 2.32. The number of alkyl halides is 3. The molecule has 0 N–H and O–H groups in total. The van der Waals surface area contributed by atoms with Crippen LogP contribution in [-0.2, 0) is 31.5 Å². The molecule has 6 nitrogen and oxygen atoms in total. The number of carbonyl (C=O) groups excluding carboxylic acids is 3. The van der Waals surface area contributed by atoms with Crippen molar-refractivity contribution in [2.45, 2.75) is 0 Å². The van der Waals surface area contributed by atoms with Crippen LogP contribution in [0.5, 0.6) is 0 Å². The molecule has 0 unspecified atom stereocenters. The second kappa shape index (κ2) is 20.2. The molecule has 0 heterocycles. The van der Waals surface area contributed by atoms with Gasteiger partial charge in [0.1, 0.15) is 0 Å². The van der Waals surface area contributed by atoms with Gasteiger partial charge in [-0.25, -0.2) is 0 Å². The summed E-state index contributed by atoms with van der Waals surface area (Å²) in [6.07, 6.45) is 0. The van der Waals surface area contributed by atoms with E-state index in [1.807, 2.05) is 0 Å². The summed E-state index contributed by atoms with van der Waals surface area (Å²) < 4.78 is 0. The van der Waals surface area contributed by atoms with E-state index in [4.69, 9.17) is 29.7 Å². The number of carboxylic acid groups (broad SMARTS) is 3. The molecule has 16 heavy (non-hydrogen) atoms.